The lowest BCUT2D eigenvalue weighted by Gasteiger charge is -2.06. The molecule has 3 heterocycles. The number of carbonyl (C=O) groups is 1. The molecule has 63 heavy (non-hydrogen) atoms. The Morgan fingerprint density at radius 3 is 1.30 bits per heavy atom. The van der Waals surface area contributed by atoms with E-state index in [9.17, 15) is 9.18 Å². The normalized spacial score (nSPS) is 16.8. The van der Waals surface area contributed by atoms with Crippen LogP contribution in [0.1, 0.15) is 171 Å². The maximum Gasteiger partial charge on any atom is 0.177 e. The first-order chi connectivity index (χ1) is 30.1. The number of carbonyl (C=O) groups excluding carboxylic acids is 1. The van der Waals surface area contributed by atoms with E-state index in [1.54, 1.807) is 6.07 Å². The van der Waals surface area contributed by atoms with Crippen molar-refractivity contribution < 1.29 is 23.4 Å². The summed E-state index contributed by atoms with van der Waals surface area (Å²) in [5, 5.41) is 0. The van der Waals surface area contributed by atoms with Crippen molar-refractivity contribution in [1.29, 1.82) is 0 Å². The third-order valence-electron chi connectivity index (χ3n) is 11.2. The molecule has 0 spiro atoms. The Kier molecular flexibility index (Phi) is 21.5. The van der Waals surface area contributed by atoms with Gasteiger partial charge in [-0.3, -0.25) is 4.79 Å². The van der Waals surface area contributed by atoms with Crippen LogP contribution in [0.3, 0.4) is 0 Å². The molecule has 3 saturated heterocycles. The Morgan fingerprint density at radius 2 is 0.937 bits per heavy atom. The van der Waals surface area contributed by atoms with E-state index in [-0.39, 0.29) is 23.6 Å². The van der Waals surface area contributed by atoms with E-state index < -0.39 is 0 Å². The second-order valence-electron chi connectivity index (χ2n) is 18.1. The van der Waals surface area contributed by atoms with Gasteiger partial charge in [0.15, 0.2) is 5.78 Å². The summed E-state index contributed by atoms with van der Waals surface area (Å²) in [5.74, 6) is 3.37. The third kappa shape index (κ3) is 18.7. The van der Waals surface area contributed by atoms with Crippen LogP contribution < -0.4 is 0 Å². The fourth-order valence-corrected chi connectivity index (χ4v) is 6.90. The molecular formula is C56H71Cl2FO4. The lowest BCUT2D eigenvalue weighted by atomic mass is 10.0. The van der Waals surface area contributed by atoms with Crippen molar-refractivity contribution in [3.05, 3.63) is 177 Å². The number of aryl methyl sites for hydroxylation is 1. The van der Waals surface area contributed by atoms with Gasteiger partial charge in [-0.2, -0.15) is 0 Å². The number of benzene rings is 5. The minimum absolute atomic E-state index is 0.0150. The number of rotatable bonds is 13. The number of hydrogen-bond acceptors (Lipinski definition) is 4. The maximum atomic E-state index is 13.4. The van der Waals surface area contributed by atoms with Crippen LogP contribution in [-0.4, -0.2) is 43.5 Å². The molecule has 0 saturated carbocycles. The molecular weight excluding hydrogens is 827 g/mol. The predicted octanol–water partition coefficient (Wildman–Crippen LogP) is 15.5. The summed E-state index contributed by atoms with van der Waals surface area (Å²) in [7, 11) is 0. The zero-order valence-electron chi connectivity index (χ0n) is 39.3. The van der Waals surface area contributed by atoms with Crippen LogP contribution in [-0.2, 0) is 27.1 Å². The Hall–Kier alpha value is -3.84. The zero-order chi connectivity index (χ0) is 46.1. The van der Waals surface area contributed by atoms with Crippen LogP contribution in [0, 0.1) is 5.82 Å². The smallest absolute Gasteiger partial charge is 0.177 e. The Morgan fingerprint density at radius 1 is 0.540 bits per heavy atom. The van der Waals surface area contributed by atoms with Crippen molar-refractivity contribution >= 4 is 29.0 Å². The van der Waals surface area contributed by atoms with Crippen LogP contribution in [0.2, 0.25) is 0 Å². The van der Waals surface area contributed by atoms with Gasteiger partial charge >= 0.3 is 0 Å². The molecule has 3 aliphatic heterocycles. The van der Waals surface area contributed by atoms with Gasteiger partial charge in [-0.05, 0) is 86.6 Å². The summed E-state index contributed by atoms with van der Waals surface area (Å²) in [5.41, 5.74) is 11.9. The fourth-order valence-electron chi connectivity index (χ4n) is 6.52. The third-order valence-corrected chi connectivity index (χ3v) is 11.7. The minimum atomic E-state index is -0.131. The molecule has 4 nitrogen and oxygen atoms in total. The molecule has 0 radical (unpaired) electrons. The average molecular weight is 898 g/mol. The Labute approximate surface area is 388 Å². The highest BCUT2D eigenvalue weighted by atomic mass is 35.5. The zero-order valence-corrected chi connectivity index (χ0v) is 40.8. The molecule has 7 heteroatoms. The van der Waals surface area contributed by atoms with E-state index in [1.807, 2.05) is 36.4 Å². The van der Waals surface area contributed by atoms with Gasteiger partial charge in [0, 0.05) is 23.4 Å². The van der Waals surface area contributed by atoms with Crippen molar-refractivity contribution in [2.24, 2.45) is 0 Å². The monoisotopic (exact) mass is 896 g/mol. The molecule has 3 fully saturated rings. The molecule has 0 N–H and O–H groups in total. The highest BCUT2D eigenvalue weighted by Crippen LogP contribution is 2.33. The quantitative estimate of drug-likeness (QED) is 0.0671. The van der Waals surface area contributed by atoms with Crippen molar-refractivity contribution in [1.82, 2.24) is 0 Å². The van der Waals surface area contributed by atoms with Gasteiger partial charge in [0.05, 0.1) is 31.8 Å². The minimum Gasteiger partial charge on any atom is -0.373 e. The average Bonchev–Trinajstić information content (AvgIpc) is 4.11. The number of ether oxygens (including phenoxy) is 3. The van der Waals surface area contributed by atoms with Crippen LogP contribution in [0.4, 0.5) is 4.39 Å². The highest BCUT2D eigenvalue weighted by molar-refractivity contribution is 6.30. The van der Waals surface area contributed by atoms with Gasteiger partial charge in [0.2, 0.25) is 0 Å². The summed E-state index contributed by atoms with van der Waals surface area (Å²) in [6.45, 7) is 24.2. The number of ketones is 1. The molecule has 5 aromatic rings. The lowest BCUT2D eigenvalue weighted by molar-refractivity contribution is 0.102. The van der Waals surface area contributed by atoms with Crippen molar-refractivity contribution in [3.63, 3.8) is 0 Å². The summed E-state index contributed by atoms with van der Waals surface area (Å²) < 4.78 is 28.8. The van der Waals surface area contributed by atoms with Crippen LogP contribution in [0.15, 0.2) is 115 Å². The SMILES string of the molecule is CC(C)c1ccc(C(=O)CCl)cc1.CC(C)c1ccc(C2CO2)c(F)c1.CC(C)c1ccc(C2CO2)cc1.CC(C)c1ccc(CC2CO2)cc1.CC(C)c1ccc(CCCl)cc1. The van der Waals surface area contributed by atoms with Gasteiger partial charge in [-0.25, -0.2) is 4.39 Å². The molecule has 8 rings (SSSR count). The Bertz CT molecular complexity index is 2040. The van der Waals surface area contributed by atoms with Gasteiger partial charge in [-0.15, -0.1) is 23.2 Å². The molecule has 0 aliphatic carbocycles. The topological polar surface area (TPSA) is 54.7 Å². The van der Waals surface area contributed by atoms with Crippen LogP contribution in [0.25, 0.3) is 0 Å². The maximum absolute atomic E-state index is 13.4. The largest absolute Gasteiger partial charge is 0.373 e. The highest BCUT2D eigenvalue weighted by Gasteiger charge is 2.28. The number of alkyl halides is 2. The van der Waals surface area contributed by atoms with Crippen LogP contribution >= 0.6 is 23.2 Å². The number of hydrogen-bond donors (Lipinski definition) is 0. The van der Waals surface area contributed by atoms with Gasteiger partial charge in [0.1, 0.15) is 18.0 Å². The van der Waals surface area contributed by atoms with E-state index in [1.165, 1.54) is 38.9 Å². The van der Waals surface area contributed by atoms with Crippen molar-refractivity contribution in [3.8, 4) is 0 Å². The van der Waals surface area contributed by atoms with E-state index in [2.05, 4.69) is 142 Å². The fraction of sp³-hybridized carbons (Fsp3) is 0.446. The van der Waals surface area contributed by atoms with Crippen molar-refractivity contribution in [2.45, 2.75) is 130 Å². The number of halogens is 3. The Balaban J connectivity index is 0.000000173. The number of Topliss-reactive ketones (excluding diaryl/α,β-unsaturated/α-hetero) is 1. The number of epoxide rings is 3. The van der Waals surface area contributed by atoms with E-state index in [0.29, 0.717) is 65.4 Å². The molecule has 3 atom stereocenters. The van der Waals surface area contributed by atoms with Crippen LogP contribution in [0.5, 0.6) is 0 Å². The summed E-state index contributed by atoms with van der Waals surface area (Å²) in [4.78, 5) is 11.2. The van der Waals surface area contributed by atoms with Crippen molar-refractivity contribution in [2.75, 3.05) is 31.6 Å². The second-order valence-corrected chi connectivity index (χ2v) is 18.8. The lowest BCUT2D eigenvalue weighted by Crippen LogP contribution is -2.00. The second kappa shape index (κ2) is 26.2. The molecule has 0 aromatic heterocycles. The first kappa shape index (κ1) is 51.8. The van der Waals surface area contributed by atoms with E-state index in [4.69, 9.17) is 37.4 Å². The summed E-state index contributed by atoms with van der Waals surface area (Å²) in [6.07, 6.45) is 2.97. The van der Waals surface area contributed by atoms with E-state index >= 15 is 0 Å². The first-order valence-electron chi connectivity index (χ1n) is 22.8. The standard InChI is InChI=1S/C12H16O.C11H13ClO.C11H15Cl.C11H13FO.C11H14O/c1-9(2)11-5-3-10(4-6-11)7-12-8-13-12;1-8(2)9-3-5-10(6-4-9)11(13)7-12;1-9(2)11-5-3-10(4-6-11)7-8-12;1-7(2)8-3-4-9(10(12)5-8)11-6-13-11;1-8(2)9-3-5-10(6-4-9)11-7-12-11/h3-6,9,12H,7-8H2,1-2H3;3-6,8H,7H2,1-2H3;3-6,9H,7-8H2,1-2H3;3-5,7,11H,6H2,1-2H3;3-6,8,11H,7H2,1-2H3. The van der Waals surface area contributed by atoms with Gasteiger partial charge < -0.3 is 14.2 Å². The summed E-state index contributed by atoms with van der Waals surface area (Å²) in [6, 6.07) is 39.4. The molecule has 3 unspecified atom stereocenters. The predicted molar refractivity (Wildman–Crippen MR) is 263 cm³/mol. The van der Waals surface area contributed by atoms with Gasteiger partial charge in [0.25, 0.3) is 0 Å². The molecule has 5 aromatic carbocycles. The molecule has 340 valence electrons. The molecule has 0 bridgehead atoms. The molecule has 0 amide bonds. The van der Waals surface area contributed by atoms with Gasteiger partial charge in [-0.1, -0.05) is 178 Å². The summed E-state index contributed by atoms with van der Waals surface area (Å²) >= 11 is 11.1. The van der Waals surface area contributed by atoms with E-state index in [0.717, 1.165) is 31.6 Å². The molecule has 3 aliphatic rings. The first-order valence-corrected chi connectivity index (χ1v) is 23.8.